The van der Waals surface area contributed by atoms with Gasteiger partial charge in [0, 0.05) is 24.1 Å². The fraction of sp³-hybridized carbons (Fsp3) is 0.280. The Bertz CT molecular complexity index is 917. The van der Waals surface area contributed by atoms with Gasteiger partial charge >= 0.3 is 5.97 Å². The fourth-order valence-electron chi connectivity index (χ4n) is 3.04. The van der Waals surface area contributed by atoms with E-state index in [1.165, 1.54) is 6.92 Å². The van der Waals surface area contributed by atoms with Gasteiger partial charge in [-0.3, -0.25) is 4.79 Å². The Balaban J connectivity index is 2.41. The lowest BCUT2D eigenvalue weighted by atomic mass is 10.1. The summed E-state index contributed by atoms with van der Waals surface area (Å²) in [6.45, 7) is 7.39. The molecule has 0 aliphatic carbocycles. The molecule has 0 atom stereocenters. The lowest BCUT2D eigenvalue weighted by Gasteiger charge is -2.08. The monoisotopic (exact) mass is 408 g/mol. The van der Waals surface area contributed by atoms with Crippen LogP contribution in [0.2, 0.25) is 0 Å². The van der Waals surface area contributed by atoms with Gasteiger partial charge in [0.15, 0.2) is 0 Å². The third-order valence-electron chi connectivity index (χ3n) is 4.62. The van der Waals surface area contributed by atoms with Gasteiger partial charge in [-0.05, 0) is 68.5 Å². The summed E-state index contributed by atoms with van der Waals surface area (Å²) in [5.41, 5.74) is 2.96. The van der Waals surface area contributed by atoms with Gasteiger partial charge in [-0.1, -0.05) is 6.08 Å². The van der Waals surface area contributed by atoms with Crippen LogP contribution in [0.25, 0.3) is 5.76 Å². The summed E-state index contributed by atoms with van der Waals surface area (Å²) in [5.74, 6) is 1.68. The van der Waals surface area contributed by atoms with Crippen molar-refractivity contribution in [3.8, 4) is 11.5 Å². The number of hydrogen-bond donors (Lipinski definition) is 0. The van der Waals surface area contributed by atoms with Crippen molar-refractivity contribution in [3.63, 3.8) is 0 Å². The van der Waals surface area contributed by atoms with Gasteiger partial charge in [-0.25, -0.2) is 4.58 Å². The number of methoxy groups -OCH3 is 2. The molecule has 0 aromatic heterocycles. The Morgan fingerprint density at radius 3 is 1.80 bits per heavy atom. The molecule has 0 saturated heterocycles. The van der Waals surface area contributed by atoms with Crippen molar-refractivity contribution in [2.24, 2.45) is 0 Å². The molecule has 0 aliphatic rings. The first kappa shape index (κ1) is 22.9. The molecule has 5 nitrogen and oxygen atoms in total. The summed E-state index contributed by atoms with van der Waals surface area (Å²) in [6.07, 6.45) is 5.73. The third kappa shape index (κ3) is 6.34. The molecule has 0 radical (unpaired) electrons. The molecule has 2 rings (SSSR count). The molecule has 0 aliphatic heterocycles. The van der Waals surface area contributed by atoms with Gasteiger partial charge < -0.3 is 14.2 Å². The van der Waals surface area contributed by atoms with Crippen molar-refractivity contribution in [2.45, 2.75) is 20.8 Å². The topological polar surface area (TPSA) is 47.8 Å². The van der Waals surface area contributed by atoms with Crippen molar-refractivity contribution >= 4 is 17.4 Å². The zero-order valence-corrected chi connectivity index (χ0v) is 18.3. The van der Waals surface area contributed by atoms with Gasteiger partial charge in [0.1, 0.15) is 30.3 Å². The SMILES string of the molecule is CC[N+](CC)=C(/C=C/C=C(/OC(C)=O)c1ccc(OC)cc1)c1ccc(OC)cc1. The van der Waals surface area contributed by atoms with Crippen molar-refractivity contribution in [1.29, 1.82) is 0 Å². The molecular weight excluding hydrogens is 378 g/mol. The number of carbonyl (C=O) groups is 1. The second-order valence-electron chi connectivity index (χ2n) is 6.50. The van der Waals surface area contributed by atoms with Gasteiger partial charge in [-0.15, -0.1) is 0 Å². The molecule has 5 heteroatoms. The van der Waals surface area contributed by atoms with Crippen LogP contribution >= 0.6 is 0 Å². The molecule has 158 valence electrons. The first-order chi connectivity index (χ1) is 14.5. The number of allylic oxidation sites excluding steroid dienone is 3. The average molecular weight is 409 g/mol. The molecule has 0 saturated carbocycles. The quantitative estimate of drug-likeness (QED) is 0.198. The molecule has 0 fully saturated rings. The molecule has 0 unspecified atom stereocenters. The second-order valence-corrected chi connectivity index (χ2v) is 6.50. The summed E-state index contributed by atoms with van der Waals surface area (Å²) in [6, 6.07) is 15.4. The molecule has 0 amide bonds. The molecule has 2 aromatic carbocycles. The average Bonchev–Trinajstić information content (AvgIpc) is 2.78. The molecule has 30 heavy (non-hydrogen) atoms. The van der Waals surface area contributed by atoms with E-state index in [0.29, 0.717) is 5.76 Å². The summed E-state index contributed by atoms with van der Waals surface area (Å²) >= 11 is 0. The maximum Gasteiger partial charge on any atom is 0.308 e. The van der Waals surface area contributed by atoms with Crippen LogP contribution in [0.5, 0.6) is 11.5 Å². The van der Waals surface area contributed by atoms with Crippen molar-refractivity contribution in [1.82, 2.24) is 0 Å². The van der Waals surface area contributed by atoms with Gasteiger partial charge in [0.2, 0.25) is 5.71 Å². The smallest absolute Gasteiger partial charge is 0.308 e. The van der Waals surface area contributed by atoms with Crippen LogP contribution in [0.1, 0.15) is 31.9 Å². The maximum atomic E-state index is 11.6. The predicted octanol–water partition coefficient (Wildman–Crippen LogP) is 4.71. The molecule has 0 spiro atoms. The first-order valence-electron chi connectivity index (χ1n) is 9.99. The number of benzene rings is 2. The van der Waals surface area contributed by atoms with E-state index in [9.17, 15) is 4.79 Å². The zero-order chi connectivity index (χ0) is 21.9. The van der Waals surface area contributed by atoms with E-state index in [0.717, 1.165) is 41.4 Å². The third-order valence-corrected chi connectivity index (χ3v) is 4.62. The Morgan fingerprint density at radius 1 is 0.867 bits per heavy atom. The normalized spacial score (nSPS) is 11.3. The van der Waals surface area contributed by atoms with Crippen LogP contribution in [-0.2, 0) is 9.53 Å². The van der Waals surface area contributed by atoms with Crippen LogP contribution < -0.4 is 9.47 Å². The summed E-state index contributed by atoms with van der Waals surface area (Å²) in [4.78, 5) is 11.6. The number of esters is 1. The van der Waals surface area contributed by atoms with E-state index < -0.39 is 0 Å². The van der Waals surface area contributed by atoms with Crippen molar-refractivity contribution in [2.75, 3.05) is 27.3 Å². The Morgan fingerprint density at radius 2 is 1.37 bits per heavy atom. The summed E-state index contributed by atoms with van der Waals surface area (Å²) in [5, 5.41) is 0. The van der Waals surface area contributed by atoms with Crippen LogP contribution in [0, 0.1) is 0 Å². The van der Waals surface area contributed by atoms with E-state index in [4.69, 9.17) is 14.2 Å². The highest BCUT2D eigenvalue weighted by Crippen LogP contribution is 2.20. The van der Waals surface area contributed by atoms with Gasteiger partial charge in [-0.2, -0.15) is 0 Å². The van der Waals surface area contributed by atoms with E-state index in [2.05, 4.69) is 18.4 Å². The summed E-state index contributed by atoms with van der Waals surface area (Å²) in [7, 11) is 3.27. The maximum absolute atomic E-state index is 11.6. The summed E-state index contributed by atoms with van der Waals surface area (Å²) < 4.78 is 18.2. The van der Waals surface area contributed by atoms with Crippen LogP contribution in [0.4, 0.5) is 0 Å². The van der Waals surface area contributed by atoms with Crippen LogP contribution in [0.15, 0.2) is 66.8 Å². The van der Waals surface area contributed by atoms with E-state index in [-0.39, 0.29) is 5.97 Å². The minimum absolute atomic E-state index is 0.367. The standard InChI is InChI=1S/C25H30NO4/c1-6-26(7-2)24(20-11-15-22(28-4)16-12-20)9-8-10-25(30-19(3)27)21-13-17-23(29-5)18-14-21/h8-18H,6-7H2,1-5H3/q+1/b9-8+,25-10+. The molecule has 0 bridgehead atoms. The highest BCUT2D eigenvalue weighted by atomic mass is 16.5. The lowest BCUT2D eigenvalue weighted by molar-refractivity contribution is -0.519. The number of carbonyl (C=O) groups excluding carboxylic acids is 1. The zero-order valence-electron chi connectivity index (χ0n) is 18.3. The Labute approximate surface area is 178 Å². The predicted molar refractivity (Wildman–Crippen MR) is 120 cm³/mol. The minimum atomic E-state index is -0.367. The van der Waals surface area contributed by atoms with E-state index in [1.807, 2.05) is 60.7 Å². The number of hydrogen-bond acceptors (Lipinski definition) is 4. The van der Waals surface area contributed by atoms with Crippen LogP contribution in [0.3, 0.4) is 0 Å². The lowest BCUT2D eigenvalue weighted by Crippen LogP contribution is -2.20. The fourth-order valence-corrected chi connectivity index (χ4v) is 3.04. The second kappa shape index (κ2) is 11.6. The Hall–Kier alpha value is -3.34. The molecule has 0 heterocycles. The first-order valence-corrected chi connectivity index (χ1v) is 9.99. The molecular formula is C25H30NO4+. The van der Waals surface area contributed by atoms with E-state index in [1.54, 1.807) is 20.3 Å². The van der Waals surface area contributed by atoms with Gasteiger partial charge in [0.25, 0.3) is 0 Å². The molecule has 0 N–H and O–H groups in total. The number of rotatable bonds is 9. The van der Waals surface area contributed by atoms with Crippen molar-refractivity contribution in [3.05, 3.63) is 77.9 Å². The number of nitrogens with zero attached hydrogens (tertiary/aromatic N) is 1. The largest absolute Gasteiger partial charge is 0.497 e. The van der Waals surface area contributed by atoms with Gasteiger partial charge in [0.05, 0.1) is 14.2 Å². The highest BCUT2D eigenvalue weighted by molar-refractivity contribution is 6.05. The van der Waals surface area contributed by atoms with Crippen LogP contribution in [-0.4, -0.2) is 43.6 Å². The van der Waals surface area contributed by atoms with Crippen molar-refractivity contribution < 1.29 is 23.6 Å². The molecule has 2 aromatic rings. The minimum Gasteiger partial charge on any atom is -0.497 e. The number of ether oxygens (including phenoxy) is 3. The highest BCUT2D eigenvalue weighted by Gasteiger charge is 2.12. The van der Waals surface area contributed by atoms with E-state index >= 15 is 0 Å². The Kier molecular flexibility index (Phi) is 8.88.